The number of piperidine rings is 1. The van der Waals surface area contributed by atoms with Gasteiger partial charge in [-0.25, -0.2) is 0 Å². The van der Waals surface area contributed by atoms with Gasteiger partial charge in [-0.05, 0) is 50.3 Å². The summed E-state index contributed by atoms with van der Waals surface area (Å²) in [7, 11) is 0. The van der Waals surface area contributed by atoms with Crippen molar-refractivity contribution in [3.8, 4) is 0 Å². The van der Waals surface area contributed by atoms with Crippen molar-refractivity contribution >= 4 is 42.5 Å². The molecule has 3 rings (SSSR count). The number of benzene rings is 2. The fourth-order valence-electron chi connectivity index (χ4n) is 3.78. The number of carbonyl (C=O) groups is 2. The molecule has 0 spiro atoms. The van der Waals surface area contributed by atoms with Crippen LogP contribution in [-0.4, -0.2) is 36.3 Å². The van der Waals surface area contributed by atoms with E-state index in [9.17, 15) is 9.59 Å². The molecule has 0 aromatic heterocycles. The van der Waals surface area contributed by atoms with Crippen LogP contribution in [-0.2, 0) is 16.1 Å². The molecule has 0 unspecified atom stereocenters. The minimum absolute atomic E-state index is 0. The maximum absolute atomic E-state index is 12.7. The van der Waals surface area contributed by atoms with E-state index in [4.69, 9.17) is 11.1 Å². The summed E-state index contributed by atoms with van der Waals surface area (Å²) in [5.41, 5.74) is 9.46. The molecule has 1 heterocycles. The van der Waals surface area contributed by atoms with Crippen LogP contribution in [0.25, 0.3) is 0 Å². The molecule has 1 aliphatic heterocycles. The Balaban J connectivity index is 0.00000272. The lowest BCUT2D eigenvalue weighted by Crippen LogP contribution is -2.53. The van der Waals surface area contributed by atoms with Gasteiger partial charge in [-0.2, -0.15) is 0 Å². The molecule has 0 aliphatic carbocycles. The highest BCUT2D eigenvalue weighted by atomic mass is 35.5. The van der Waals surface area contributed by atoms with Gasteiger partial charge >= 0.3 is 0 Å². The summed E-state index contributed by atoms with van der Waals surface area (Å²) in [5, 5.41) is 16.4. The third-order valence-electron chi connectivity index (χ3n) is 5.75. The molecule has 0 bridgehead atoms. The molecule has 1 saturated heterocycles. The summed E-state index contributed by atoms with van der Waals surface area (Å²) in [6.07, 6.45) is 1.71. The van der Waals surface area contributed by atoms with E-state index in [0.717, 1.165) is 18.5 Å². The lowest BCUT2D eigenvalue weighted by Gasteiger charge is -2.30. The molecule has 0 radical (unpaired) electrons. The molecule has 33 heavy (non-hydrogen) atoms. The highest BCUT2D eigenvalue weighted by molar-refractivity contribution is 5.95. The first-order valence-electron chi connectivity index (χ1n) is 10.6. The molecular formula is C24H33Cl2N5O2. The van der Waals surface area contributed by atoms with Crippen molar-refractivity contribution in [2.45, 2.75) is 51.2 Å². The van der Waals surface area contributed by atoms with Crippen molar-refractivity contribution in [2.24, 2.45) is 5.73 Å². The number of hydrogen-bond acceptors (Lipinski definition) is 4. The van der Waals surface area contributed by atoms with Crippen LogP contribution in [0.2, 0.25) is 0 Å². The second kappa shape index (κ2) is 13.2. The molecule has 180 valence electrons. The van der Waals surface area contributed by atoms with Crippen LogP contribution in [0.4, 0.5) is 0 Å². The van der Waals surface area contributed by atoms with Crippen LogP contribution in [0.5, 0.6) is 0 Å². The molecule has 2 aromatic rings. The molecule has 6 N–H and O–H groups in total. The summed E-state index contributed by atoms with van der Waals surface area (Å²) >= 11 is 0. The Labute approximate surface area is 207 Å². The second-order valence-corrected chi connectivity index (χ2v) is 8.20. The fourth-order valence-corrected chi connectivity index (χ4v) is 3.78. The average molecular weight is 494 g/mol. The van der Waals surface area contributed by atoms with E-state index in [0.29, 0.717) is 24.4 Å². The third-order valence-corrected chi connectivity index (χ3v) is 5.75. The number of nitrogen functional groups attached to an aromatic ring is 1. The summed E-state index contributed by atoms with van der Waals surface area (Å²) in [6.45, 7) is 4.87. The Morgan fingerprint density at radius 3 is 2.36 bits per heavy atom. The largest absolute Gasteiger partial charge is 0.384 e. The minimum Gasteiger partial charge on any atom is -0.384 e. The quantitative estimate of drug-likeness (QED) is 0.300. The third kappa shape index (κ3) is 8.03. The predicted octanol–water partition coefficient (Wildman–Crippen LogP) is 2.78. The van der Waals surface area contributed by atoms with Gasteiger partial charge in [-0.15, -0.1) is 24.8 Å². The van der Waals surface area contributed by atoms with Crippen molar-refractivity contribution in [3.05, 3.63) is 70.8 Å². The molecule has 3 atom stereocenters. The highest BCUT2D eigenvalue weighted by Gasteiger charge is 2.29. The summed E-state index contributed by atoms with van der Waals surface area (Å²) < 4.78 is 0. The number of nitrogens with one attached hydrogen (secondary N) is 4. The maximum Gasteiger partial charge on any atom is 0.242 e. The molecule has 2 amide bonds. The lowest BCUT2D eigenvalue weighted by atomic mass is 9.86. The van der Waals surface area contributed by atoms with Gasteiger partial charge in [0, 0.05) is 12.1 Å². The van der Waals surface area contributed by atoms with E-state index >= 15 is 0 Å². The Morgan fingerprint density at radius 1 is 1.12 bits per heavy atom. The van der Waals surface area contributed by atoms with Crippen LogP contribution in [0.15, 0.2) is 48.5 Å². The van der Waals surface area contributed by atoms with Gasteiger partial charge in [-0.3, -0.25) is 15.0 Å². The maximum atomic E-state index is 12.7. The first-order valence-corrected chi connectivity index (χ1v) is 10.6. The highest BCUT2D eigenvalue weighted by Crippen LogP contribution is 2.28. The first-order chi connectivity index (χ1) is 14.8. The Bertz CT molecular complexity index is 935. The first kappa shape index (κ1) is 28.4. The normalized spacial score (nSPS) is 18.1. The smallest absolute Gasteiger partial charge is 0.242 e. The topological polar surface area (TPSA) is 120 Å². The number of nitrogens with two attached hydrogens (primary N) is 1. The van der Waals surface area contributed by atoms with Gasteiger partial charge in [0.05, 0.1) is 6.04 Å². The predicted molar refractivity (Wildman–Crippen MR) is 136 cm³/mol. The van der Waals surface area contributed by atoms with Crippen molar-refractivity contribution in [1.82, 2.24) is 16.0 Å². The minimum atomic E-state index is -0.634. The molecule has 9 heteroatoms. The second-order valence-electron chi connectivity index (χ2n) is 8.20. The van der Waals surface area contributed by atoms with E-state index in [1.165, 1.54) is 11.1 Å². The van der Waals surface area contributed by atoms with E-state index in [-0.39, 0.29) is 48.5 Å². The van der Waals surface area contributed by atoms with Gasteiger partial charge in [-0.1, -0.05) is 54.1 Å². The Hall–Kier alpha value is -2.61. The van der Waals surface area contributed by atoms with Crippen molar-refractivity contribution < 1.29 is 9.59 Å². The number of aryl methyl sites for hydroxylation is 1. The van der Waals surface area contributed by atoms with Crippen LogP contribution >= 0.6 is 24.8 Å². The molecule has 0 saturated carbocycles. The van der Waals surface area contributed by atoms with Crippen LogP contribution in [0.3, 0.4) is 0 Å². The molecule has 1 aliphatic rings. The van der Waals surface area contributed by atoms with Crippen LogP contribution in [0.1, 0.15) is 47.9 Å². The number of amidine groups is 1. The molecule has 1 fully saturated rings. The number of carbonyl (C=O) groups excluding carboxylic acids is 2. The van der Waals surface area contributed by atoms with Crippen LogP contribution < -0.4 is 21.7 Å². The monoisotopic (exact) mass is 493 g/mol. The summed E-state index contributed by atoms with van der Waals surface area (Å²) in [6, 6.07) is 14.7. The number of hydrogen-bond donors (Lipinski definition) is 5. The summed E-state index contributed by atoms with van der Waals surface area (Å²) in [4.78, 5) is 25.2. The van der Waals surface area contributed by atoms with E-state index in [2.05, 4.69) is 47.1 Å². The van der Waals surface area contributed by atoms with Crippen LogP contribution in [0, 0.1) is 12.3 Å². The number of rotatable bonds is 7. The van der Waals surface area contributed by atoms with Gasteiger partial charge < -0.3 is 21.7 Å². The number of amides is 2. The molecule has 7 nitrogen and oxygen atoms in total. The zero-order valence-corrected chi connectivity index (χ0v) is 20.5. The van der Waals surface area contributed by atoms with Crippen molar-refractivity contribution in [3.63, 3.8) is 0 Å². The van der Waals surface area contributed by atoms with Gasteiger partial charge in [0.15, 0.2) is 0 Å². The van der Waals surface area contributed by atoms with E-state index < -0.39 is 6.04 Å². The summed E-state index contributed by atoms with van der Waals surface area (Å²) in [5.74, 6) is -0.0484. The fraction of sp³-hybridized carbons (Fsp3) is 0.375. The van der Waals surface area contributed by atoms with Crippen molar-refractivity contribution in [1.29, 1.82) is 5.41 Å². The molecule has 2 aromatic carbocycles. The van der Waals surface area contributed by atoms with Gasteiger partial charge in [0.1, 0.15) is 11.9 Å². The van der Waals surface area contributed by atoms with E-state index in [1.54, 1.807) is 19.1 Å². The zero-order valence-electron chi connectivity index (χ0n) is 18.9. The standard InChI is InChI=1S/C24H31N5O2.2ClH/c1-15-3-7-18(8-4-15)20-11-12-27-21(13-20)24(31)29-16(2)23(30)28-14-17-5-9-19(10-6-17)22(25)26;;/h3-10,16,20-21,27H,11-14H2,1-2H3,(H3,25,26)(H,28,30)(H,29,31);2*1H/t16-,20+,21+;;/m0../s1. The Morgan fingerprint density at radius 2 is 1.76 bits per heavy atom. The Kier molecular flexibility index (Phi) is 11.4. The van der Waals surface area contributed by atoms with Gasteiger partial charge in [0.2, 0.25) is 11.8 Å². The van der Waals surface area contributed by atoms with E-state index in [1.807, 2.05) is 12.1 Å². The SMILES string of the molecule is Cc1ccc([C@@H]2CCN[C@@H](C(=O)N[C@@H](C)C(=O)NCc3ccc(C(=N)N)cc3)C2)cc1.Cl.Cl. The number of halogens is 2. The van der Waals surface area contributed by atoms with Gasteiger partial charge in [0.25, 0.3) is 0 Å². The molecular weight excluding hydrogens is 461 g/mol. The zero-order chi connectivity index (χ0) is 22.4. The average Bonchev–Trinajstić information content (AvgIpc) is 2.78. The van der Waals surface area contributed by atoms with Crippen molar-refractivity contribution in [2.75, 3.05) is 6.54 Å². The lowest BCUT2D eigenvalue weighted by molar-refractivity contribution is -0.130.